The molecule has 0 fully saturated rings. The monoisotopic (exact) mass is 319 g/mol. The quantitative estimate of drug-likeness (QED) is 0.876. The van der Waals surface area contributed by atoms with E-state index in [1.54, 1.807) is 0 Å². The second-order valence-electron chi connectivity index (χ2n) is 5.34. The molecule has 2 aromatic rings. The van der Waals surface area contributed by atoms with Gasteiger partial charge >= 0.3 is 5.97 Å². The molecule has 0 bridgehead atoms. The SMILES string of the molecule is CCc1nc(CCOc2cc(C)c(C)cc2C)sc1C(=O)O. The molecule has 0 amide bonds. The van der Waals surface area contributed by atoms with Gasteiger partial charge in [-0.15, -0.1) is 11.3 Å². The van der Waals surface area contributed by atoms with E-state index >= 15 is 0 Å². The molecule has 4 nitrogen and oxygen atoms in total. The lowest BCUT2D eigenvalue weighted by Gasteiger charge is -2.11. The van der Waals surface area contributed by atoms with Gasteiger partial charge in [0, 0.05) is 6.42 Å². The first kappa shape index (κ1) is 16.5. The van der Waals surface area contributed by atoms with Crippen LogP contribution in [0, 0.1) is 20.8 Å². The largest absolute Gasteiger partial charge is 0.493 e. The molecule has 0 atom stereocenters. The highest BCUT2D eigenvalue weighted by atomic mass is 32.1. The van der Waals surface area contributed by atoms with Gasteiger partial charge in [0.15, 0.2) is 0 Å². The maximum Gasteiger partial charge on any atom is 0.347 e. The summed E-state index contributed by atoms with van der Waals surface area (Å²) in [6.45, 7) is 8.60. The summed E-state index contributed by atoms with van der Waals surface area (Å²) in [7, 11) is 0. The first-order chi connectivity index (χ1) is 10.4. The van der Waals surface area contributed by atoms with Crippen molar-refractivity contribution in [2.45, 2.75) is 40.5 Å². The second-order valence-corrected chi connectivity index (χ2v) is 6.43. The Hall–Kier alpha value is -1.88. The average molecular weight is 319 g/mol. The van der Waals surface area contributed by atoms with Gasteiger partial charge in [-0.3, -0.25) is 0 Å². The van der Waals surface area contributed by atoms with Crippen LogP contribution in [-0.2, 0) is 12.8 Å². The standard InChI is InChI=1S/C17H21NO3S/c1-5-13-16(17(19)20)22-15(18-13)6-7-21-14-9-11(3)10(2)8-12(14)4/h8-9H,5-7H2,1-4H3,(H,19,20). The lowest BCUT2D eigenvalue weighted by molar-refractivity contribution is 0.0701. The summed E-state index contributed by atoms with van der Waals surface area (Å²) in [6, 6.07) is 4.17. The van der Waals surface area contributed by atoms with Gasteiger partial charge in [0.1, 0.15) is 10.6 Å². The lowest BCUT2D eigenvalue weighted by atomic mass is 10.1. The number of carbonyl (C=O) groups is 1. The Balaban J connectivity index is 2.02. The summed E-state index contributed by atoms with van der Waals surface area (Å²) in [5.41, 5.74) is 4.23. The maximum atomic E-state index is 11.1. The molecule has 0 unspecified atom stereocenters. The summed E-state index contributed by atoms with van der Waals surface area (Å²) in [4.78, 5) is 15.9. The van der Waals surface area contributed by atoms with Gasteiger partial charge in [-0.1, -0.05) is 13.0 Å². The van der Waals surface area contributed by atoms with Gasteiger partial charge in [-0.2, -0.15) is 0 Å². The molecule has 22 heavy (non-hydrogen) atoms. The molecule has 0 saturated heterocycles. The Bertz CT molecular complexity index is 691. The molecule has 1 aromatic heterocycles. The number of aromatic nitrogens is 1. The molecule has 118 valence electrons. The summed E-state index contributed by atoms with van der Waals surface area (Å²) in [5, 5.41) is 9.96. The van der Waals surface area contributed by atoms with Crippen molar-refractivity contribution >= 4 is 17.3 Å². The van der Waals surface area contributed by atoms with Crippen LogP contribution in [0.25, 0.3) is 0 Å². The Kier molecular flexibility index (Phi) is 5.19. The molecule has 0 aliphatic carbocycles. The zero-order valence-electron chi connectivity index (χ0n) is 13.4. The summed E-state index contributed by atoms with van der Waals surface area (Å²) in [5.74, 6) is -0.0136. The van der Waals surface area contributed by atoms with Crippen LogP contribution in [-0.4, -0.2) is 22.7 Å². The van der Waals surface area contributed by atoms with Crippen LogP contribution in [0.4, 0.5) is 0 Å². The number of carboxylic acids is 1. The summed E-state index contributed by atoms with van der Waals surface area (Å²) in [6.07, 6.45) is 1.26. The average Bonchev–Trinajstić information content (AvgIpc) is 2.88. The summed E-state index contributed by atoms with van der Waals surface area (Å²) >= 11 is 1.25. The zero-order chi connectivity index (χ0) is 16.3. The fourth-order valence-corrected chi connectivity index (χ4v) is 3.22. The second kappa shape index (κ2) is 6.92. The first-order valence-corrected chi connectivity index (χ1v) is 8.16. The van der Waals surface area contributed by atoms with Crippen molar-refractivity contribution in [1.82, 2.24) is 4.98 Å². The van der Waals surface area contributed by atoms with E-state index in [-0.39, 0.29) is 0 Å². The Labute approximate surface area is 134 Å². The molecule has 0 radical (unpaired) electrons. The molecular formula is C17H21NO3S. The Morgan fingerprint density at radius 1 is 1.23 bits per heavy atom. The van der Waals surface area contributed by atoms with Crippen molar-refractivity contribution < 1.29 is 14.6 Å². The Morgan fingerprint density at radius 2 is 1.91 bits per heavy atom. The number of nitrogens with zero attached hydrogens (tertiary/aromatic N) is 1. The zero-order valence-corrected chi connectivity index (χ0v) is 14.2. The van der Waals surface area contributed by atoms with Gasteiger partial charge in [0.05, 0.1) is 17.3 Å². The Morgan fingerprint density at radius 3 is 2.50 bits per heavy atom. The van der Waals surface area contributed by atoms with Crippen LogP contribution < -0.4 is 4.74 Å². The number of ether oxygens (including phenoxy) is 1. The highest BCUT2D eigenvalue weighted by Crippen LogP contribution is 2.23. The predicted molar refractivity (Wildman–Crippen MR) is 88.3 cm³/mol. The van der Waals surface area contributed by atoms with E-state index < -0.39 is 5.97 Å². The highest BCUT2D eigenvalue weighted by Gasteiger charge is 2.15. The van der Waals surface area contributed by atoms with Crippen LogP contribution in [0.15, 0.2) is 12.1 Å². The molecule has 1 heterocycles. The normalized spacial score (nSPS) is 10.7. The van der Waals surface area contributed by atoms with Crippen molar-refractivity contribution in [3.8, 4) is 5.75 Å². The molecule has 2 rings (SSSR count). The van der Waals surface area contributed by atoms with Gasteiger partial charge in [-0.25, -0.2) is 9.78 Å². The van der Waals surface area contributed by atoms with Crippen molar-refractivity contribution in [3.05, 3.63) is 44.4 Å². The topological polar surface area (TPSA) is 59.4 Å². The number of aryl methyl sites for hydroxylation is 4. The number of carboxylic acid groups (broad SMARTS) is 1. The number of hydrogen-bond donors (Lipinski definition) is 1. The number of hydrogen-bond acceptors (Lipinski definition) is 4. The number of rotatable bonds is 6. The van der Waals surface area contributed by atoms with E-state index in [4.69, 9.17) is 9.84 Å². The van der Waals surface area contributed by atoms with Crippen molar-refractivity contribution in [3.63, 3.8) is 0 Å². The molecule has 5 heteroatoms. The molecule has 0 aliphatic rings. The molecular weight excluding hydrogens is 298 g/mol. The van der Waals surface area contributed by atoms with Crippen molar-refractivity contribution in [2.24, 2.45) is 0 Å². The van der Waals surface area contributed by atoms with Gasteiger partial charge in [0.2, 0.25) is 0 Å². The van der Waals surface area contributed by atoms with Crippen LogP contribution in [0.3, 0.4) is 0 Å². The highest BCUT2D eigenvalue weighted by molar-refractivity contribution is 7.13. The van der Waals surface area contributed by atoms with E-state index in [0.717, 1.165) is 16.3 Å². The van der Waals surface area contributed by atoms with Gasteiger partial charge < -0.3 is 9.84 Å². The maximum absolute atomic E-state index is 11.1. The third-order valence-electron chi connectivity index (χ3n) is 3.64. The fraction of sp³-hybridized carbons (Fsp3) is 0.412. The van der Waals surface area contributed by atoms with Gasteiger partial charge in [0.25, 0.3) is 0 Å². The lowest BCUT2D eigenvalue weighted by Crippen LogP contribution is -2.03. The van der Waals surface area contributed by atoms with E-state index in [0.29, 0.717) is 30.0 Å². The van der Waals surface area contributed by atoms with Crippen LogP contribution in [0.5, 0.6) is 5.75 Å². The van der Waals surface area contributed by atoms with E-state index in [1.807, 2.05) is 19.9 Å². The number of benzene rings is 1. The van der Waals surface area contributed by atoms with Crippen LogP contribution in [0.2, 0.25) is 0 Å². The van der Waals surface area contributed by atoms with E-state index in [1.165, 1.54) is 22.5 Å². The predicted octanol–water partition coefficient (Wildman–Crippen LogP) is 3.95. The van der Waals surface area contributed by atoms with Crippen LogP contribution >= 0.6 is 11.3 Å². The fourth-order valence-electron chi connectivity index (χ4n) is 2.25. The summed E-state index contributed by atoms with van der Waals surface area (Å²) < 4.78 is 5.84. The minimum atomic E-state index is -0.897. The number of aromatic carboxylic acids is 1. The molecule has 1 N–H and O–H groups in total. The van der Waals surface area contributed by atoms with Crippen LogP contribution in [0.1, 0.15) is 44.0 Å². The van der Waals surface area contributed by atoms with E-state index in [9.17, 15) is 4.79 Å². The molecule has 1 aromatic carbocycles. The smallest absolute Gasteiger partial charge is 0.347 e. The molecule has 0 aliphatic heterocycles. The number of thiazole rings is 1. The van der Waals surface area contributed by atoms with Gasteiger partial charge in [-0.05, 0) is 49.9 Å². The first-order valence-electron chi connectivity index (χ1n) is 7.34. The minimum Gasteiger partial charge on any atom is -0.493 e. The van der Waals surface area contributed by atoms with Crippen molar-refractivity contribution in [2.75, 3.05) is 6.61 Å². The minimum absolute atomic E-state index is 0.347. The van der Waals surface area contributed by atoms with E-state index in [2.05, 4.69) is 24.9 Å². The molecule has 0 spiro atoms. The molecule has 0 saturated carbocycles. The third-order valence-corrected chi connectivity index (χ3v) is 4.78. The third kappa shape index (κ3) is 3.65. The van der Waals surface area contributed by atoms with Crippen molar-refractivity contribution in [1.29, 1.82) is 0 Å².